The number of benzene rings is 2. The summed E-state index contributed by atoms with van der Waals surface area (Å²) in [5, 5.41) is 7.15. The Balaban J connectivity index is 1.44. The molecule has 7 nitrogen and oxygen atoms in total. The third-order valence-corrected chi connectivity index (χ3v) is 4.17. The van der Waals surface area contributed by atoms with E-state index in [1.807, 2.05) is 30.3 Å². The van der Waals surface area contributed by atoms with Crippen LogP contribution in [0.3, 0.4) is 0 Å². The van der Waals surface area contributed by atoms with E-state index in [9.17, 15) is 9.59 Å². The summed E-state index contributed by atoms with van der Waals surface area (Å²) in [4.78, 5) is 27.9. The van der Waals surface area contributed by atoms with Gasteiger partial charge in [-0.05, 0) is 18.2 Å². The fraction of sp³-hybridized carbons (Fsp3) is 0.158. The molecule has 1 amide bonds. The van der Waals surface area contributed by atoms with E-state index in [-0.39, 0.29) is 12.8 Å². The third kappa shape index (κ3) is 5.55. The second-order valence-corrected chi connectivity index (χ2v) is 6.55. The summed E-state index contributed by atoms with van der Waals surface area (Å²) >= 11 is 11.8. The number of rotatable bonds is 7. The summed E-state index contributed by atoms with van der Waals surface area (Å²) in [6.07, 6.45) is 0.210. The van der Waals surface area contributed by atoms with E-state index in [1.165, 1.54) is 6.07 Å². The average molecular weight is 420 g/mol. The summed E-state index contributed by atoms with van der Waals surface area (Å²) in [6.45, 7) is -0.444. The average Bonchev–Trinajstić information content (AvgIpc) is 3.17. The highest BCUT2D eigenvalue weighted by atomic mass is 35.5. The summed E-state index contributed by atoms with van der Waals surface area (Å²) in [5.74, 6) is -0.332. The number of hydrogen-bond donors (Lipinski definition) is 1. The van der Waals surface area contributed by atoms with E-state index in [4.69, 9.17) is 32.5 Å². The van der Waals surface area contributed by atoms with E-state index in [0.29, 0.717) is 27.4 Å². The van der Waals surface area contributed by atoms with Gasteiger partial charge in [0.15, 0.2) is 6.61 Å². The zero-order valence-electron chi connectivity index (χ0n) is 14.5. The summed E-state index contributed by atoms with van der Waals surface area (Å²) in [6, 6.07) is 14.0. The van der Waals surface area contributed by atoms with Crippen molar-refractivity contribution in [3.63, 3.8) is 0 Å². The zero-order chi connectivity index (χ0) is 19.9. The highest BCUT2D eigenvalue weighted by molar-refractivity contribution is 6.35. The van der Waals surface area contributed by atoms with Crippen molar-refractivity contribution in [3.05, 3.63) is 64.5 Å². The number of halogens is 2. The van der Waals surface area contributed by atoms with Crippen LogP contribution >= 0.6 is 23.2 Å². The maximum atomic E-state index is 11.9. The lowest BCUT2D eigenvalue weighted by atomic mass is 10.2. The van der Waals surface area contributed by atoms with E-state index in [2.05, 4.69) is 15.5 Å². The second-order valence-electron chi connectivity index (χ2n) is 5.71. The Morgan fingerprint density at radius 3 is 2.68 bits per heavy atom. The molecule has 1 heterocycles. The molecule has 0 unspecified atom stereocenters. The molecule has 0 bridgehead atoms. The summed E-state index contributed by atoms with van der Waals surface area (Å²) in [5.41, 5.74) is 1.16. The van der Waals surface area contributed by atoms with E-state index in [0.717, 1.165) is 5.56 Å². The molecule has 0 aliphatic carbocycles. The first-order chi connectivity index (χ1) is 13.5. The number of esters is 1. The molecule has 0 aliphatic rings. The van der Waals surface area contributed by atoms with Crippen LogP contribution in [0.1, 0.15) is 12.3 Å². The van der Waals surface area contributed by atoms with Gasteiger partial charge in [0.25, 0.3) is 5.91 Å². The molecule has 3 rings (SSSR count). The van der Waals surface area contributed by atoms with E-state index < -0.39 is 18.5 Å². The highest BCUT2D eigenvalue weighted by Crippen LogP contribution is 2.25. The van der Waals surface area contributed by atoms with Gasteiger partial charge in [0.2, 0.25) is 11.7 Å². The molecule has 0 atom stereocenters. The smallest absolute Gasteiger partial charge is 0.306 e. The topological polar surface area (TPSA) is 94.3 Å². The number of nitrogens with one attached hydrogen (secondary N) is 1. The molecule has 9 heteroatoms. The van der Waals surface area contributed by atoms with Gasteiger partial charge < -0.3 is 14.6 Å². The van der Waals surface area contributed by atoms with Crippen LogP contribution in [0.5, 0.6) is 0 Å². The highest BCUT2D eigenvalue weighted by Gasteiger charge is 2.13. The van der Waals surface area contributed by atoms with E-state index in [1.54, 1.807) is 12.1 Å². The third-order valence-electron chi connectivity index (χ3n) is 3.61. The molecule has 3 aromatic rings. The van der Waals surface area contributed by atoms with Crippen LogP contribution < -0.4 is 5.32 Å². The number of amides is 1. The molecule has 1 aromatic heterocycles. The molecular weight excluding hydrogens is 405 g/mol. The van der Waals surface area contributed by atoms with Gasteiger partial charge in [-0.3, -0.25) is 9.59 Å². The van der Waals surface area contributed by atoms with Crippen LogP contribution in [0.2, 0.25) is 10.0 Å². The quantitative estimate of drug-likeness (QED) is 0.577. The van der Waals surface area contributed by atoms with Gasteiger partial charge in [-0.15, -0.1) is 0 Å². The number of nitrogens with zero attached hydrogens (tertiary/aromatic N) is 2. The molecule has 0 radical (unpaired) electrons. The number of ether oxygens (including phenoxy) is 1. The zero-order valence-corrected chi connectivity index (χ0v) is 16.0. The van der Waals surface area contributed by atoms with Crippen molar-refractivity contribution < 1.29 is 18.8 Å². The van der Waals surface area contributed by atoms with Crippen molar-refractivity contribution in [3.8, 4) is 11.4 Å². The number of hydrogen-bond acceptors (Lipinski definition) is 6. The molecule has 0 fully saturated rings. The van der Waals surface area contributed by atoms with E-state index >= 15 is 0 Å². The van der Waals surface area contributed by atoms with Crippen molar-refractivity contribution in [1.29, 1.82) is 0 Å². The second kappa shape index (κ2) is 9.34. The number of aryl methyl sites for hydroxylation is 1. The SMILES string of the molecule is O=C(COC(=O)CCc1nc(-c2ccccc2)no1)Nc1cc(Cl)ccc1Cl. The van der Waals surface area contributed by atoms with Crippen molar-refractivity contribution in [1.82, 2.24) is 10.1 Å². The van der Waals surface area contributed by atoms with Crippen LogP contribution in [-0.2, 0) is 20.7 Å². The number of carbonyl (C=O) groups excluding carboxylic acids is 2. The van der Waals surface area contributed by atoms with Crippen molar-refractivity contribution >= 4 is 40.8 Å². The first-order valence-electron chi connectivity index (χ1n) is 8.30. The Hall–Kier alpha value is -2.90. The van der Waals surface area contributed by atoms with Gasteiger partial charge in [0.1, 0.15) is 0 Å². The van der Waals surface area contributed by atoms with Crippen molar-refractivity contribution in [2.24, 2.45) is 0 Å². The lowest BCUT2D eigenvalue weighted by Gasteiger charge is -2.08. The monoisotopic (exact) mass is 419 g/mol. The fourth-order valence-corrected chi connectivity index (χ4v) is 2.60. The first-order valence-corrected chi connectivity index (χ1v) is 9.05. The Labute approximate surface area is 170 Å². The molecule has 0 saturated heterocycles. The molecule has 2 aromatic carbocycles. The number of aromatic nitrogens is 2. The van der Waals surface area contributed by atoms with Gasteiger partial charge in [0, 0.05) is 17.0 Å². The van der Waals surface area contributed by atoms with Crippen molar-refractivity contribution in [2.45, 2.75) is 12.8 Å². The Morgan fingerprint density at radius 2 is 1.89 bits per heavy atom. The molecule has 1 N–H and O–H groups in total. The number of carbonyl (C=O) groups is 2. The molecule has 28 heavy (non-hydrogen) atoms. The largest absolute Gasteiger partial charge is 0.456 e. The summed E-state index contributed by atoms with van der Waals surface area (Å²) in [7, 11) is 0. The first kappa shape index (κ1) is 19.9. The predicted octanol–water partition coefficient (Wildman–Crippen LogP) is 4.16. The van der Waals surface area contributed by atoms with Gasteiger partial charge in [-0.25, -0.2) is 0 Å². The minimum Gasteiger partial charge on any atom is -0.456 e. The Kier molecular flexibility index (Phi) is 6.62. The lowest BCUT2D eigenvalue weighted by molar-refractivity contribution is -0.147. The number of anilines is 1. The fourth-order valence-electron chi connectivity index (χ4n) is 2.27. The molecule has 0 saturated carbocycles. The molecular formula is C19H15Cl2N3O4. The molecule has 0 spiro atoms. The normalized spacial score (nSPS) is 10.5. The molecule has 0 aliphatic heterocycles. The van der Waals surface area contributed by atoms with Crippen molar-refractivity contribution in [2.75, 3.05) is 11.9 Å². The standard InChI is InChI=1S/C19H15Cl2N3O4/c20-13-6-7-14(21)15(10-13)22-16(25)11-27-18(26)9-8-17-23-19(24-28-17)12-4-2-1-3-5-12/h1-7,10H,8-9,11H2,(H,22,25). The van der Waals surface area contributed by atoms with Gasteiger partial charge in [0.05, 0.1) is 17.1 Å². The van der Waals surface area contributed by atoms with Crippen LogP contribution in [0, 0.1) is 0 Å². The minimum absolute atomic E-state index is 0.00161. The minimum atomic E-state index is -0.563. The van der Waals surface area contributed by atoms with Crippen LogP contribution in [0.25, 0.3) is 11.4 Å². The maximum Gasteiger partial charge on any atom is 0.306 e. The Bertz CT molecular complexity index is 976. The van der Waals surface area contributed by atoms with Crippen LogP contribution in [-0.4, -0.2) is 28.6 Å². The molecule has 144 valence electrons. The predicted molar refractivity (Wildman–Crippen MR) is 104 cm³/mol. The maximum absolute atomic E-state index is 11.9. The summed E-state index contributed by atoms with van der Waals surface area (Å²) < 4.78 is 10.1. The van der Waals surface area contributed by atoms with Gasteiger partial charge in [-0.1, -0.05) is 58.7 Å². The van der Waals surface area contributed by atoms with Crippen LogP contribution in [0.4, 0.5) is 5.69 Å². The van der Waals surface area contributed by atoms with Gasteiger partial charge >= 0.3 is 5.97 Å². The Morgan fingerprint density at radius 1 is 1.11 bits per heavy atom. The lowest BCUT2D eigenvalue weighted by Crippen LogP contribution is -2.21. The van der Waals surface area contributed by atoms with Crippen LogP contribution in [0.15, 0.2) is 53.1 Å². The van der Waals surface area contributed by atoms with Gasteiger partial charge in [-0.2, -0.15) is 4.98 Å².